The highest BCUT2D eigenvalue weighted by Crippen LogP contribution is 2.36. The second-order valence-electron chi connectivity index (χ2n) is 7.34. The smallest absolute Gasteiger partial charge is 0.0334 e. The van der Waals surface area contributed by atoms with E-state index in [1.54, 1.807) is 0 Å². The van der Waals surface area contributed by atoms with E-state index in [2.05, 4.69) is 17.1 Å². The van der Waals surface area contributed by atoms with Crippen LogP contribution in [0.3, 0.4) is 0 Å². The molecule has 0 aromatic rings. The lowest BCUT2D eigenvalue weighted by atomic mass is 9.79. The lowest BCUT2D eigenvalue weighted by molar-refractivity contribution is 0.0313. The van der Waals surface area contributed by atoms with Gasteiger partial charge in [-0.1, -0.05) is 25.7 Å². The number of piperidine rings is 1. The summed E-state index contributed by atoms with van der Waals surface area (Å²) in [5.74, 6) is 0.988. The molecular formula is C17H32N2. The molecule has 1 N–H and O–H groups in total. The van der Waals surface area contributed by atoms with Gasteiger partial charge in [0.1, 0.15) is 0 Å². The fourth-order valence-corrected chi connectivity index (χ4v) is 4.30. The highest BCUT2D eigenvalue weighted by atomic mass is 15.2. The van der Waals surface area contributed by atoms with Crippen LogP contribution in [0.5, 0.6) is 0 Å². The number of rotatable bonds is 5. The first kappa shape index (κ1) is 13.9. The second-order valence-corrected chi connectivity index (χ2v) is 7.34. The van der Waals surface area contributed by atoms with Crippen molar-refractivity contribution >= 4 is 0 Å². The van der Waals surface area contributed by atoms with Crippen LogP contribution in [-0.2, 0) is 0 Å². The van der Waals surface area contributed by atoms with Crippen molar-refractivity contribution in [3.05, 3.63) is 0 Å². The van der Waals surface area contributed by atoms with E-state index in [1.807, 2.05) is 0 Å². The molecule has 2 heteroatoms. The average molecular weight is 264 g/mol. The summed E-state index contributed by atoms with van der Waals surface area (Å²) in [5.41, 5.74) is 0.516. The van der Waals surface area contributed by atoms with Gasteiger partial charge in [0.25, 0.3) is 0 Å². The molecule has 2 saturated carbocycles. The molecule has 0 spiro atoms. The first-order chi connectivity index (χ1) is 9.30. The third kappa shape index (κ3) is 3.33. The Morgan fingerprint density at radius 2 is 1.63 bits per heavy atom. The Hall–Kier alpha value is -0.0800. The van der Waals surface area contributed by atoms with Crippen molar-refractivity contribution in [3.8, 4) is 0 Å². The van der Waals surface area contributed by atoms with E-state index in [-0.39, 0.29) is 0 Å². The lowest BCUT2D eigenvalue weighted by Crippen LogP contribution is -2.58. The van der Waals surface area contributed by atoms with Crippen molar-refractivity contribution in [2.45, 2.75) is 82.7 Å². The molecule has 0 bridgehead atoms. The average Bonchev–Trinajstić information content (AvgIpc) is 3.31. The molecule has 1 heterocycles. The number of nitrogens with zero attached hydrogens (tertiary/aromatic N) is 1. The molecule has 3 rings (SSSR count). The van der Waals surface area contributed by atoms with Crippen molar-refractivity contribution in [2.24, 2.45) is 5.92 Å². The van der Waals surface area contributed by atoms with Crippen molar-refractivity contribution in [1.82, 2.24) is 10.2 Å². The first-order valence-electron chi connectivity index (χ1n) is 8.79. The van der Waals surface area contributed by atoms with Gasteiger partial charge in [-0.25, -0.2) is 0 Å². The van der Waals surface area contributed by atoms with E-state index in [0.717, 1.165) is 12.0 Å². The van der Waals surface area contributed by atoms with Gasteiger partial charge in [-0.15, -0.1) is 0 Å². The molecule has 0 aromatic carbocycles. The van der Waals surface area contributed by atoms with Gasteiger partial charge in [-0.05, 0) is 64.5 Å². The summed E-state index contributed by atoms with van der Waals surface area (Å²) in [6.45, 7) is 6.38. The Labute approximate surface area is 119 Å². The largest absolute Gasteiger partial charge is 0.312 e. The third-order valence-corrected chi connectivity index (χ3v) is 5.89. The van der Waals surface area contributed by atoms with Crippen LogP contribution < -0.4 is 5.32 Å². The van der Waals surface area contributed by atoms with Gasteiger partial charge in [0.15, 0.2) is 0 Å². The molecule has 3 aliphatic rings. The monoisotopic (exact) mass is 264 g/mol. The molecule has 19 heavy (non-hydrogen) atoms. The van der Waals surface area contributed by atoms with E-state index < -0.39 is 0 Å². The molecule has 1 unspecified atom stereocenters. The first-order valence-corrected chi connectivity index (χ1v) is 8.79. The van der Waals surface area contributed by atoms with Gasteiger partial charge < -0.3 is 5.32 Å². The number of likely N-dealkylation sites (tertiary alicyclic amines) is 1. The predicted molar refractivity (Wildman–Crippen MR) is 81.4 cm³/mol. The van der Waals surface area contributed by atoms with Gasteiger partial charge in [-0.3, -0.25) is 4.90 Å². The molecule has 3 fully saturated rings. The Balaban J connectivity index is 1.60. The summed E-state index contributed by atoms with van der Waals surface area (Å²) in [6, 6.07) is 0.753. The highest BCUT2D eigenvalue weighted by molar-refractivity contribution is 4.97. The normalized spacial score (nSPS) is 30.2. The Kier molecular flexibility index (Phi) is 4.48. The van der Waals surface area contributed by atoms with Crippen molar-refractivity contribution in [3.63, 3.8) is 0 Å². The topological polar surface area (TPSA) is 15.3 Å². The zero-order valence-corrected chi connectivity index (χ0v) is 12.8. The molecule has 2 nitrogen and oxygen atoms in total. The summed E-state index contributed by atoms with van der Waals surface area (Å²) in [6.07, 6.45) is 14.5. The van der Waals surface area contributed by atoms with Gasteiger partial charge in [-0.2, -0.15) is 0 Å². The molecule has 1 aliphatic heterocycles. The predicted octanol–water partition coefficient (Wildman–Crippen LogP) is 3.56. The zero-order chi connectivity index (χ0) is 13.1. The number of hydrogen-bond donors (Lipinski definition) is 1. The molecule has 2 aliphatic carbocycles. The molecule has 1 atom stereocenters. The van der Waals surface area contributed by atoms with Gasteiger partial charge in [0, 0.05) is 18.1 Å². The van der Waals surface area contributed by atoms with E-state index in [9.17, 15) is 0 Å². The van der Waals surface area contributed by atoms with Gasteiger partial charge in [0.2, 0.25) is 0 Å². The van der Waals surface area contributed by atoms with Crippen LogP contribution in [0.2, 0.25) is 0 Å². The van der Waals surface area contributed by atoms with E-state index >= 15 is 0 Å². The SMILES string of the molecule is CC(NCC1(N2CCCCC2)CCCCC1)C1CC1. The maximum absolute atomic E-state index is 3.91. The standard InChI is InChI=1S/C17H32N2/c1-15(16-8-9-16)18-14-17(10-4-2-5-11-17)19-12-6-3-7-13-19/h15-16,18H,2-14H2,1H3. The lowest BCUT2D eigenvalue weighted by Gasteiger charge is -2.49. The Morgan fingerprint density at radius 3 is 2.26 bits per heavy atom. The van der Waals surface area contributed by atoms with Crippen LogP contribution in [0.15, 0.2) is 0 Å². The van der Waals surface area contributed by atoms with Crippen molar-refractivity contribution < 1.29 is 0 Å². The summed E-state index contributed by atoms with van der Waals surface area (Å²) >= 11 is 0. The summed E-state index contributed by atoms with van der Waals surface area (Å²) in [4.78, 5) is 2.86. The summed E-state index contributed by atoms with van der Waals surface area (Å²) < 4.78 is 0. The Bertz CT molecular complexity index is 273. The molecule has 1 saturated heterocycles. The van der Waals surface area contributed by atoms with Gasteiger partial charge in [0.05, 0.1) is 0 Å². The van der Waals surface area contributed by atoms with E-state index in [1.165, 1.54) is 83.8 Å². The van der Waals surface area contributed by atoms with Crippen molar-refractivity contribution in [1.29, 1.82) is 0 Å². The van der Waals surface area contributed by atoms with Gasteiger partial charge >= 0.3 is 0 Å². The number of nitrogens with one attached hydrogen (secondary N) is 1. The molecule has 0 radical (unpaired) electrons. The van der Waals surface area contributed by atoms with Crippen LogP contribution in [0, 0.1) is 5.92 Å². The maximum Gasteiger partial charge on any atom is 0.0334 e. The van der Waals surface area contributed by atoms with Crippen LogP contribution in [-0.4, -0.2) is 36.1 Å². The van der Waals surface area contributed by atoms with Crippen LogP contribution in [0.25, 0.3) is 0 Å². The quantitative estimate of drug-likeness (QED) is 0.817. The van der Waals surface area contributed by atoms with E-state index in [0.29, 0.717) is 5.54 Å². The number of hydrogen-bond acceptors (Lipinski definition) is 2. The van der Waals surface area contributed by atoms with E-state index in [4.69, 9.17) is 0 Å². The minimum atomic E-state index is 0.516. The Morgan fingerprint density at radius 1 is 1.00 bits per heavy atom. The second kappa shape index (κ2) is 6.13. The molecule has 0 aromatic heterocycles. The third-order valence-electron chi connectivity index (χ3n) is 5.89. The molecular weight excluding hydrogens is 232 g/mol. The minimum absolute atomic E-state index is 0.516. The van der Waals surface area contributed by atoms with Crippen LogP contribution in [0.1, 0.15) is 71.1 Å². The molecule has 110 valence electrons. The van der Waals surface area contributed by atoms with Crippen LogP contribution >= 0.6 is 0 Å². The highest BCUT2D eigenvalue weighted by Gasteiger charge is 2.39. The summed E-state index contributed by atoms with van der Waals surface area (Å²) in [5, 5.41) is 3.91. The van der Waals surface area contributed by atoms with Crippen LogP contribution in [0.4, 0.5) is 0 Å². The fraction of sp³-hybridized carbons (Fsp3) is 1.00. The van der Waals surface area contributed by atoms with Crippen molar-refractivity contribution in [2.75, 3.05) is 19.6 Å². The zero-order valence-electron chi connectivity index (χ0n) is 12.8. The minimum Gasteiger partial charge on any atom is -0.312 e. The summed E-state index contributed by atoms with van der Waals surface area (Å²) in [7, 11) is 0. The fourth-order valence-electron chi connectivity index (χ4n) is 4.30. The molecule has 0 amide bonds. The maximum atomic E-state index is 3.91.